The van der Waals surface area contributed by atoms with Gasteiger partial charge in [-0.1, -0.05) is 64.0 Å². The Morgan fingerprint density at radius 2 is 1.56 bits per heavy atom. The minimum atomic E-state index is -3.98. The number of hydrogen-bond donors (Lipinski definition) is 2. The van der Waals surface area contributed by atoms with Gasteiger partial charge in [-0.3, -0.25) is 4.79 Å². The Hall–Kier alpha value is -3.62. The molecule has 13 heteroatoms. The molecule has 0 aliphatic heterocycles. The smallest absolute Gasteiger partial charge is 0.255 e. The van der Waals surface area contributed by atoms with Crippen LogP contribution in [-0.2, 0) is 37.9 Å². The van der Waals surface area contributed by atoms with Crippen LogP contribution in [0.3, 0.4) is 0 Å². The second-order valence-corrected chi connectivity index (χ2v) is 13.6. The van der Waals surface area contributed by atoms with Crippen molar-refractivity contribution in [2.24, 2.45) is 5.10 Å². The van der Waals surface area contributed by atoms with E-state index >= 15 is 0 Å². The van der Waals surface area contributed by atoms with E-state index in [1.54, 1.807) is 60.7 Å². The van der Waals surface area contributed by atoms with Gasteiger partial charge in [-0.05, 0) is 61.0 Å². The van der Waals surface area contributed by atoms with E-state index in [1.165, 1.54) is 30.5 Å². The Kier molecular flexibility index (Phi) is 9.89. The summed E-state index contributed by atoms with van der Waals surface area (Å²) in [7, 11) is -7.72. The largest absolute Gasteiger partial charge is 0.459 e. The van der Waals surface area contributed by atoms with Crippen LogP contribution >= 0.6 is 15.9 Å². The van der Waals surface area contributed by atoms with Gasteiger partial charge in [-0.15, -0.1) is 0 Å². The van der Waals surface area contributed by atoms with E-state index in [2.05, 4.69) is 31.2 Å². The highest BCUT2D eigenvalue weighted by atomic mass is 79.9. The Bertz CT molecular complexity index is 1720. The van der Waals surface area contributed by atoms with Gasteiger partial charge in [0.2, 0.25) is 20.0 Å². The monoisotopic (exact) mass is 658 g/mol. The number of furan rings is 1. The summed E-state index contributed by atoms with van der Waals surface area (Å²) in [4.78, 5) is 12.9. The molecule has 0 atom stereocenters. The third kappa shape index (κ3) is 8.44. The predicted octanol–water partition coefficient (Wildman–Crippen LogP) is 4.17. The fourth-order valence-electron chi connectivity index (χ4n) is 3.66. The highest BCUT2D eigenvalue weighted by Gasteiger charge is 2.27. The Morgan fingerprint density at radius 3 is 2.24 bits per heavy atom. The lowest BCUT2D eigenvalue weighted by atomic mass is 10.2. The molecule has 0 aliphatic carbocycles. The lowest BCUT2D eigenvalue weighted by molar-refractivity contribution is -0.121. The van der Waals surface area contributed by atoms with Gasteiger partial charge < -0.3 is 4.42 Å². The van der Waals surface area contributed by atoms with Crippen molar-refractivity contribution in [2.75, 3.05) is 6.54 Å². The topological polar surface area (TPSA) is 138 Å². The molecule has 0 saturated carbocycles. The molecule has 1 heterocycles. The van der Waals surface area contributed by atoms with Crippen molar-refractivity contribution in [3.8, 4) is 0 Å². The highest BCUT2D eigenvalue weighted by Crippen LogP contribution is 2.19. The first-order chi connectivity index (χ1) is 19.5. The van der Waals surface area contributed by atoms with Crippen molar-refractivity contribution >= 4 is 48.1 Å². The maximum atomic E-state index is 13.4. The van der Waals surface area contributed by atoms with Crippen LogP contribution in [0.1, 0.15) is 22.6 Å². The summed E-state index contributed by atoms with van der Waals surface area (Å²) in [6, 6.07) is 24.7. The molecule has 10 nitrogen and oxygen atoms in total. The summed E-state index contributed by atoms with van der Waals surface area (Å²) in [6.07, 6.45) is 1.24. The van der Waals surface area contributed by atoms with Crippen LogP contribution in [0.25, 0.3) is 0 Å². The molecule has 4 aromatic rings. The zero-order valence-electron chi connectivity index (χ0n) is 21.9. The number of rotatable bonds is 12. The van der Waals surface area contributed by atoms with Crippen molar-refractivity contribution in [3.05, 3.63) is 118 Å². The molecular formula is C28H27BrN4O6S2. The zero-order chi connectivity index (χ0) is 29.5. The molecule has 2 N–H and O–H groups in total. The van der Waals surface area contributed by atoms with E-state index in [1.807, 2.05) is 13.0 Å². The van der Waals surface area contributed by atoms with Crippen LogP contribution in [0.5, 0.6) is 0 Å². The number of amides is 1. The van der Waals surface area contributed by atoms with Crippen LogP contribution < -0.4 is 10.1 Å². The van der Waals surface area contributed by atoms with Crippen molar-refractivity contribution in [1.82, 2.24) is 14.5 Å². The number of aryl methyl sites for hydroxylation is 1. The maximum absolute atomic E-state index is 13.4. The molecule has 0 aliphatic rings. The number of carbonyl (C=O) groups excluding carboxylic acids is 1. The summed E-state index contributed by atoms with van der Waals surface area (Å²) < 4.78 is 61.5. The van der Waals surface area contributed by atoms with E-state index in [-0.39, 0.29) is 28.6 Å². The first kappa shape index (κ1) is 30.3. The molecule has 0 bridgehead atoms. The molecular weight excluding hydrogens is 632 g/mol. The molecule has 0 spiro atoms. The van der Waals surface area contributed by atoms with Crippen molar-refractivity contribution in [1.29, 1.82) is 0 Å². The summed E-state index contributed by atoms with van der Waals surface area (Å²) in [5, 5.41) is 3.86. The first-order valence-electron chi connectivity index (χ1n) is 12.3. The van der Waals surface area contributed by atoms with Gasteiger partial charge in [-0.2, -0.15) is 9.41 Å². The average molecular weight is 660 g/mol. The number of halogens is 1. The molecule has 0 unspecified atom stereocenters. The van der Waals surface area contributed by atoms with Crippen LogP contribution in [0, 0.1) is 6.92 Å². The van der Waals surface area contributed by atoms with E-state index < -0.39 is 32.5 Å². The predicted molar refractivity (Wildman–Crippen MR) is 158 cm³/mol. The molecule has 41 heavy (non-hydrogen) atoms. The molecule has 1 amide bonds. The number of carbonyl (C=O) groups is 1. The minimum absolute atomic E-state index is 0.00804. The van der Waals surface area contributed by atoms with Gasteiger partial charge in [0.15, 0.2) is 0 Å². The fourth-order valence-corrected chi connectivity index (χ4v) is 6.30. The number of nitrogens with zero attached hydrogens (tertiary/aromatic N) is 2. The van der Waals surface area contributed by atoms with Gasteiger partial charge >= 0.3 is 0 Å². The molecule has 3 aromatic carbocycles. The number of sulfonamides is 2. The summed E-state index contributed by atoms with van der Waals surface area (Å²) in [6.45, 7) is 1.29. The van der Waals surface area contributed by atoms with Gasteiger partial charge in [0, 0.05) is 11.0 Å². The minimum Gasteiger partial charge on any atom is -0.459 e. The van der Waals surface area contributed by atoms with Crippen molar-refractivity contribution in [2.45, 2.75) is 29.8 Å². The quantitative estimate of drug-likeness (QED) is 0.173. The number of hydrazone groups is 1. The van der Waals surface area contributed by atoms with Crippen LogP contribution in [0.2, 0.25) is 0 Å². The number of benzene rings is 3. The molecule has 214 valence electrons. The van der Waals surface area contributed by atoms with E-state index in [9.17, 15) is 21.6 Å². The molecule has 1 aromatic heterocycles. The van der Waals surface area contributed by atoms with Crippen LogP contribution in [0.4, 0.5) is 0 Å². The molecule has 0 fully saturated rings. The maximum Gasteiger partial charge on any atom is 0.255 e. The second-order valence-electron chi connectivity index (χ2n) is 8.95. The lowest BCUT2D eigenvalue weighted by Gasteiger charge is -2.21. The average Bonchev–Trinajstić information content (AvgIpc) is 3.40. The van der Waals surface area contributed by atoms with E-state index in [4.69, 9.17) is 4.42 Å². The zero-order valence-corrected chi connectivity index (χ0v) is 25.1. The summed E-state index contributed by atoms with van der Waals surface area (Å²) >= 11 is 3.27. The van der Waals surface area contributed by atoms with Gasteiger partial charge in [0.25, 0.3) is 5.91 Å². The van der Waals surface area contributed by atoms with E-state index in [0.717, 1.165) is 19.9 Å². The highest BCUT2D eigenvalue weighted by molar-refractivity contribution is 9.10. The van der Waals surface area contributed by atoms with Crippen molar-refractivity contribution in [3.63, 3.8) is 0 Å². The lowest BCUT2D eigenvalue weighted by Crippen LogP contribution is -2.39. The Balaban J connectivity index is 1.37. The molecule has 0 saturated heterocycles. The van der Waals surface area contributed by atoms with Crippen LogP contribution in [0.15, 0.2) is 115 Å². The van der Waals surface area contributed by atoms with E-state index in [0.29, 0.717) is 5.76 Å². The standard InChI is InChI=1S/C28H27BrN4O6S2/c1-21-7-13-27(14-8-21)41(37,38)33(19-22-5-3-2-4-6-22)20-28(34)32-30-17-24-11-12-25(39-24)18-31-40(35,36)26-15-9-23(29)10-16-26/h2-17,31H,18-20H2,1H3,(H,32,34)/b30-17-. The Morgan fingerprint density at radius 1 is 0.902 bits per heavy atom. The Labute approximate surface area is 247 Å². The summed E-state index contributed by atoms with van der Waals surface area (Å²) in [5.41, 5.74) is 3.95. The van der Waals surface area contributed by atoms with Gasteiger partial charge in [-0.25, -0.2) is 27.0 Å². The fraction of sp³-hybridized carbons (Fsp3) is 0.143. The van der Waals surface area contributed by atoms with Gasteiger partial charge in [0.1, 0.15) is 11.5 Å². The molecule has 4 rings (SSSR count). The molecule has 0 radical (unpaired) electrons. The third-order valence-electron chi connectivity index (χ3n) is 5.80. The first-order valence-corrected chi connectivity index (χ1v) is 16.0. The number of hydrogen-bond acceptors (Lipinski definition) is 7. The van der Waals surface area contributed by atoms with Gasteiger partial charge in [0.05, 0.1) is 29.1 Å². The summed E-state index contributed by atoms with van der Waals surface area (Å²) in [5.74, 6) is -0.0600. The van der Waals surface area contributed by atoms with Crippen LogP contribution in [-0.4, -0.2) is 39.8 Å². The van der Waals surface area contributed by atoms with Crippen molar-refractivity contribution < 1.29 is 26.0 Å². The SMILES string of the molecule is Cc1ccc(S(=O)(=O)N(CC(=O)N/N=C\c2ccc(CNS(=O)(=O)c3ccc(Br)cc3)o2)Cc2ccccc2)cc1. The normalized spacial score (nSPS) is 12.2. The third-order valence-corrected chi connectivity index (χ3v) is 9.56. The number of nitrogens with one attached hydrogen (secondary N) is 2. The second kappa shape index (κ2) is 13.4.